The lowest BCUT2D eigenvalue weighted by atomic mass is 10.0. The van der Waals surface area contributed by atoms with Crippen LogP contribution in [0.3, 0.4) is 0 Å². The van der Waals surface area contributed by atoms with E-state index in [9.17, 15) is 8.42 Å². The van der Waals surface area contributed by atoms with E-state index < -0.39 is 10.0 Å². The third-order valence-corrected chi connectivity index (χ3v) is 6.45. The topological polar surface area (TPSA) is 75.4 Å². The minimum atomic E-state index is -3.62. The molecule has 2 aromatic carbocycles. The Morgan fingerprint density at radius 2 is 1.81 bits per heavy atom. The highest BCUT2D eigenvalue weighted by atomic mass is 35.5. The maximum absolute atomic E-state index is 11.3. The summed E-state index contributed by atoms with van der Waals surface area (Å²) in [6.45, 7) is 4.92. The second-order valence-corrected chi connectivity index (χ2v) is 9.06. The van der Waals surface area contributed by atoms with Crippen LogP contribution in [-0.4, -0.2) is 34.1 Å². The van der Waals surface area contributed by atoms with Gasteiger partial charge in [0.1, 0.15) is 0 Å². The van der Waals surface area contributed by atoms with Crippen LogP contribution in [0.4, 0.5) is 5.69 Å². The lowest BCUT2D eigenvalue weighted by molar-refractivity contribution is 0.417. The number of anilines is 1. The van der Waals surface area contributed by atoms with Crippen LogP contribution < -0.4 is 15.4 Å². The van der Waals surface area contributed by atoms with Crippen LogP contribution >= 0.6 is 11.6 Å². The molecule has 3 rings (SSSR count). The van der Waals surface area contributed by atoms with Crippen molar-refractivity contribution in [2.45, 2.75) is 37.1 Å². The van der Waals surface area contributed by atoms with E-state index in [-0.39, 0.29) is 4.90 Å². The first-order valence-electron chi connectivity index (χ1n) is 9.19. The lowest BCUT2D eigenvalue weighted by Gasteiger charge is -2.34. The number of sulfonamides is 1. The van der Waals surface area contributed by atoms with E-state index in [1.165, 1.54) is 5.69 Å². The minimum absolute atomic E-state index is 0.155. The van der Waals surface area contributed by atoms with Gasteiger partial charge in [0.15, 0.2) is 0 Å². The predicted octanol–water partition coefficient (Wildman–Crippen LogP) is 3.10. The van der Waals surface area contributed by atoms with E-state index >= 15 is 0 Å². The zero-order valence-electron chi connectivity index (χ0n) is 15.5. The molecular formula is C20H26ClN3O2S. The molecule has 5 nitrogen and oxygen atoms in total. The summed E-state index contributed by atoms with van der Waals surface area (Å²) >= 11 is 6.24. The fraction of sp³-hybridized carbons (Fsp3) is 0.400. The average molecular weight is 408 g/mol. The smallest absolute Gasteiger partial charge is 0.238 e. The predicted molar refractivity (Wildman–Crippen MR) is 111 cm³/mol. The third kappa shape index (κ3) is 5.45. The minimum Gasteiger partial charge on any atom is -0.371 e. The number of hydrogen-bond acceptors (Lipinski definition) is 4. The first-order valence-corrected chi connectivity index (χ1v) is 11.1. The van der Waals surface area contributed by atoms with Crippen LogP contribution in [0.2, 0.25) is 5.02 Å². The molecule has 0 bridgehead atoms. The Labute approximate surface area is 166 Å². The van der Waals surface area contributed by atoms with Gasteiger partial charge in [0.2, 0.25) is 10.0 Å². The molecule has 27 heavy (non-hydrogen) atoms. The maximum Gasteiger partial charge on any atom is 0.238 e. The summed E-state index contributed by atoms with van der Waals surface area (Å²) in [6.07, 6.45) is 3.05. The van der Waals surface area contributed by atoms with Crippen molar-refractivity contribution in [1.82, 2.24) is 5.32 Å². The van der Waals surface area contributed by atoms with Crippen LogP contribution in [0.25, 0.3) is 0 Å². The van der Waals surface area contributed by atoms with Crippen LogP contribution in [0.1, 0.15) is 24.0 Å². The zero-order chi connectivity index (χ0) is 19.4. The van der Waals surface area contributed by atoms with Crippen molar-refractivity contribution in [1.29, 1.82) is 0 Å². The van der Waals surface area contributed by atoms with Crippen LogP contribution in [0.5, 0.6) is 0 Å². The number of hydrogen-bond donors (Lipinski definition) is 2. The summed E-state index contributed by atoms with van der Waals surface area (Å²) in [7, 11) is -3.62. The van der Waals surface area contributed by atoms with Gasteiger partial charge in [-0.25, -0.2) is 13.6 Å². The molecule has 1 aliphatic rings. The molecule has 0 aliphatic carbocycles. The van der Waals surface area contributed by atoms with Crippen molar-refractivity contribution in [3.8, 4) is 0 Å². The number of primary sulfonamides is 1. The first kappa shape index (κ1) is 20.1. The molecule has 0 aromatic heterocycles. The SMILES string of the molecule is Cc1ccc(N2CCC(NCCc3ccc(S(N)(=O)=O)cc3)CC2)cc1Cl. The quantitative estimate of drug-likeness (QED) is 0.771. The fourth-order valence-corrected chi connectivity index (χ4v) is 4.08. The van der Waals surface area contributed by atoms with Gasteiger partial charge < -0.3 is 10.2 Å². The average Bonchev–Trinajstić information content (AvgIpc) is 2.64. The number of nitrogens with one attached hydrogen (secondary N) is 1. The summed E-state index contributed by atoms with van der Waals surface area (Å²) in [5.74, 6) is 0. The van der Waals surface area contributed by atoms with Gasteiger partial charge in [0.25, 0.3) is 0 Å². The van der Waals surface area contributed by atoms with Crippen LogP contribution in [0.15, 0.2) is 47.4 Å². The third-order valence-electron chi connectivity index (χ3n) is 5.11. The van der Waals surface area contributed by atoms with Crippen molar-refractivity contribution in [2.75, 3.05) is 24.5 Å². The number of aryl methyl sites for hydroxylation is 1. The number of nitrogens with zero attached hydrogens (tertiary/aromatic N) is 1. The molecule has 0 atom stereocenters. The fourth-order valence-electron chi connectivity index (χ4n) is 3.39. The van der Waals surface area contributed by atoms with E-state index in [0.29, 0.717) is 6.04 Å². The van der Waals surface area contributed by atoms with Gasteiger partial charge in [0.05, 0.1) is 4.90 Å². The monoisotopic (exact) mass is 407 g/mol. The number of halogens is 1. The standard InChI is InChI=1S/C20H26ClN3O2S/c1-15-2-5-18(14-20(15)21)24-12-9-17(10-13-24)23-11-8-16-3-6-19(7-4-16)27(22,25)26/h2-7,14,17,23H,8-13H2,1H3,(H2,22,25,26). The van der Waals surface area contributed by atoms with Crippen LogP contribution in [0, 0.1) is 6.92 Å². The molecular weight excluding hydrogens is 382 g/mol. The first-order chi connectivity index (χ1) is 12.8. The van der Waals surface area contributed by atoms with Crippen molar-refractivity contribution in [3.63, 3.8) is 0 Å². The van der Waals surface area contributed by atoms with Gasteiger partial charge in [-0.05, 0) is 68.1 Å². The Morgan fingerprint density at radius 1 is 1.15 bits per heavy atom. The normalized spacial score (nSPS) is 15.9. The Morgan fingerprint density at radius 3 is 2.41 bits per heavy atom. The second kappa shape index (κ2) is 8.61. The Kier molecular flexibility index (Phi) is 6.42. The summed E-state index contributed by atoms with van der Waals surface area (Å²) < 4.78 is 22.6. The summed E-state index contributed by atoms with van der Waals surface area (Å²) in [4.78, 5) is 2.54. The maximum atomic E-state index is 11.3. The van der Waals surface area contributed by atoms with Crippen molar-refractivity contribution < 1.29 is 8.42 Å². The molecule has 1 heterocycles. The molecule has 0 radical (unpaired) electrons. The van der Waals surface area contributed by atoms with Gasteiger partial charge >= 0.3 is 0 Å². The molecule has 0 spiro atoms. The highest BCUT2D eigenvalue weighted by molar-refractivity contribution is 7.89. The molecule has 2 aromatic rings. The van der Waals surface area contributed by atoms with E-state index in [1.54, 1.807) is 12.1 Å². The Bertz CT molecular complexity index is 877. The number of rotatable bonds is 6. The summed E-state index contributed by atoms with van der Waals surface area (Å²) in [5.41, 5.74) is 3.40. The highest BCUT2D eigenvalue weighted by Gasteiger charge is 2.19. The summed E-state index contributed by atoms with van der Waals surface area (Å²) in [5, 5.41) is 9.55. The highest BCUT2D eigenvalue weighted by Crippen LogP contribution is 2.25. The van der Waals surface area contributed by atoms with E-state index in [4.69, 9.17) is 16.7 Å². The molecule has 0 saturated carbocycles. The molecule has 1 fully saturated rings. The molecule has 146 valence electrons. The van der Waals surface area contributed by atoms with Crippen molar-refractivity contribution in [3.05, 3.63) is 58.6 Å². The van der Waals surface area contributed by atoms with Crippen molar-refractivity contribution >= 4 is 27.3 Å². The molecule has 7 heteroatoms. The van der Waals surface area contributed by atoms with Gasteiger partial charge in [-0.2, -0.15) is 0 Å². The van der Waals surface area contributed by atoms with E-state index in [0.717, 1.165) is 55.0 Å². The Hall–Kier alpha value is -1.60. The summed E-state index contributed by atoms with van der Waals surface area (Å²) in [6, 6.07) is 13.5. The molecule has 0 amide bonds. The number of nitrogens with two attached hydrogens (primary N) is 1. The van der Waals surface area contributed by atoms with Crippen molar-refractivity contribution in [2.24, 2.45) is 5.14 Å². The molecule has 1 aliphatic heterocycles. The van der Waals surface area contributed by atoms with E-state index in [1.807, 2.05) is 19.1 Å². The van der Waals surface area contributed by atoms with Gasteiger partial charge in [-0.1, -0.05) is 29.8 Å². The van der Waals surface area contributed by atoms with E-state index in [2.05, 4.69) is 28.4 Å². The van der Waals surface area contributed by atoms with Gasteiger partial charge in [-0.15, -0.1) is 0 Å². The van der Waals surface area contributed by atoms with Gasteiger partial charge in [-0.3, -0.25) is 0 Å². The Balaban J connectivity index is 1.44. The van der Waals surface area contributed by atoms with Gasteiger partial charge in [0, 0.05) is 29.8 Å². The zero-order valence-corrected chi connectivity index (χ0v) is 17.1. The molecule has 1 saturated heterocycles. The molecule has 0 unspecified atom stereocenters. The number of piperidine rings is 1. The molecule has 3 N–H and O–H groups in total. The second-order valence-electron chi connectivity index (χ2n) is 7.09. The lowest BCUT2D eigenvalue weighted by Crippen LogP contribution is -2.43. The largest absolute Gasteiger partial charge is 0.371 e. The van der Waals surface area contributed by atoms with Crippen LogP contribution in [-0.2, 0) is 16.4 Å². The number of benzene rings is 2.